The van der Waals surface area contributed by atoms with E-state index in [9.17, 15) is 5.11 Å². The van der Waals surface area contributed by atoms with Crippen molar-refractivity contribution in [3.63, 3.8) is 0 Å². The maximum absolute atomic E-state index is 10.5. The Morgan fingerprint density at radius 1 is 1.15 bits per heavy atom. The van der Waals surface area contributed by atoms with E-state index in [1.807, 2.05) is 36.4 Å². The lowest BCUT2D eigenvalue weighted by Crippen LogP contribution is -2.35. The number of aromatic nitrogens is 3. The van der Waals surface area contributed by atoms with Gasteiger partial charge in [-0.25, -0.2) is 0 Å². The Labute approximate surface area is 152 Å². The van der Waals surface area contributed by atoms with Gasteiger partial charge in [0.05, 0.1) is 18.3 Å². The van der Waals surface area contributed by atoms with Crippen LogP contribution in [0.1, 0.15) is 30.4 Å². The summed E-state index contributed by atoms with van der Waals surface area (Å²) in [5, 5.41) is 14.7. The zero-order valence-electron chi connectivity index (χ0n) is 14.5. The normalized spacial score (nSPS) is 17.3. The summed E-state index contributed by atoms with van der Waals surface area (Å²) >= 11 is 0. The van der Waals surface area contributed by atoms with Crippen molar-refractivity contribution in [2.75, 3.05) is 13.1 Å². The van der Waals surface area contributed by atoms with Gasteiger partial charge in [0.25, 0.3) is 0 Å². The number of piperidine rings is 1. The van der Waals surface area contributed by atoms with Crippen molar-refractivity contribution in [1.82, 2.24) is 20.0 Å². The molecule has 1 saturated heterocycles. The summed E-state index contributed by atoms with van der Waals surface area (Å²) in [6, 6.07) is 11.5. The summed E-state index contributed by atoms with van der Waals surface area (Å²) in [7, 11) is 0. The molecule has 0 amide bonds. The Balaban J connectivity index is 1.32. The maximum atomic E-state index is 10.5. The quantitative estimate of drug-likeness (QED) is 0.762. The molecule has 0 aromatic carbocycles. The molecule has 0 radical (unpaired) electrons. The second-order valence-corrected chi connectivity index (χ2v) is 6.73. The molecule has 4 heterocycles. The van der Waals surface area contributed by atoms with Crippen LogP contribution in [0.5, 0.6) is 0 Å². The summed E-state index contributed by atoms with van der Waals surface area (Å²) in [4.78, 5) is 10.7. The lowest BCUT2D eigenvalue weighted by Gasteiger charge is -2.33. The highest BCUT2D eigenvalue weighted by molar-refractivity contribution is 5.57. The largest absolute Gasteiger partial charge is 0.387 e. The molecule has 3 aromatic rings. The van der Waals surface area contributed by atoms with Crippen LogP contribution < -0.4 is 0 Å². The molecule has 1 N–H and O–H groups in total. The summed E-state index contributed by atoms with van der Waals surface area (Å²) in [6.07, 6.45) is 6.67. The molecule has 0 saturated carbocycles. The van der Waals surface area contributed by atoms with E-state index in [0.717, 1.165) is 55.2 Å². The monoisotopic (exact) mass is 350 g/mol. The fraction of sp³-hybridized carbons (Fsp3) is 0.350. The second kappa shape index (κ2) is 7.76. The molecular weight excluding hydrogens is 328 g/mol. The van der Waals surface area contributed by atoms with Gasteiger partial charge in [0.15, 0.2) is 5.76 Å². The first kappa shape index (κ1) is 16.9. The Morgan fingerprint density at radius 2 is 2.04 bits per heavy atom. The molecule has 26 heavy (non-hydrogen) atoms. The van der Waals surface area contributed by atoms with Gasteiger partial charge in [0, 0.05) is 30.2 Å². The Hall–Kier alpha value is -2.57. The topological polar surface area (TPSA) is 75.3 Å². The van der Waals surface area contributed by atoms with Crippen LogP contribution in [-0.4, -0.2) is 38.2 Å². The summed E-state index contributed by atoms with van der Waals surface area (Å²) in [6.45, 7) is 2.59. The van der Waals surface area contributed by atoms with Crippen molar-refractivity contribution >= 4 is 0 Å². The molecule has 0 spiro atoms. The van der Waals surface area contributed by atoms with Gasteiger partial charge in [-0.3, -0.25) is 14.9 Å². The highest BCUT2D eigenvalue weighted by atomic mass is 16.5. The molecule has 1 atom stereocenters. The van der Waals surface area contributed by atoms with E-state index in [0.29, 0.717) is 0 Å². The highest BCUT2D eigenvalue weighted by Crippen LogP contribution is 2.30. The number of hydrogen-bond acceptors (Lipinski definition) is 6. The SMILES string of the molecule is O[C@H](c1ccccn1)C1CCN(Cc2cc(-c3cccnc3)no2)CC1. The predicted molar refractivity (Wildman–Crippen MR) is 96.9 cm³/mol. The first-order valence-corrected chi connectivity index (χ1v) is 8.97. The Bertz CT molecular complexity index is 814. The molecule has 0 aliphatic carbocycles. The number of rotatable bonds is 5. The van der Waals surface area contributed by atoms with Gasteiger partial charge in [-0.1, -0.05) is 11.2 Å². The van der Waals surface area contributed by atoms with E-state index in [1.54, 1.807) is 18.6 Å². The van der Waals surface area contributed by atoms with E-state index in [-0.39, 0.29) is 5.92 Å². The van der Waals surface area contributed by atoms with E-state index in [1.165, 1.54) is 0 Å². The lowest BCUT2D eigenvalue weighted by atomic mass is 9.89. The average Bonchev–Trinajstić information content (AvgIpc) is 3.18. The third-order valence-corrected chi connectivity index (χ3v) is 4.97. The van der Waals surface area contributed by atoms with E-state index < -0.39 is 6.10 Å². The van der Waals surface area contributed by atoms with Crippen molar-refractivity contribution in [2.45, 2.75) is 25.5 Å². The Kier molecular flexibility index (Phi) is 5.04. The Morgan fingerprint density at radius 3 is 2.77 bits per heavy atom. The van der Waals surface area contributed by atoms with Crippen molar-refractivity contribution < 1.29 is 9.63 Å². The third-order valence-electron chi connectivity index (χ3n) is 4.97. The number of likely N-dealkylation sites (tertiary alicyclic amines) is 1. The first-order chi connectivity index (χ1) is 12.8. The zero-order chi connectivity index (χ0) is 17.8. The number of hydrogen-bond donors (Lipinski definition) is 1. The van der Waals surface area contributed by atoms with Crippen LogP contribution in [0.25, 0.3) is 11.3 Å². The molecule has 3 aromatic heterocycles. The van der Waals surface area contributed by atoms with Crippen LogP contribution in [0.3, 0.4) is 0 Å². The fourth-order valence-corrected chi connectivity index (χ4v) is 3.48. The number of aliphatic hydroxyl groups excluding tert-OH is 1. The minimum absolute atomic E-state index is 0.252. The van der Waals surface area contributed by atoms with Crippen LogP contribution in [0, 0.1) is 5.92 Å². The summed E-state index contributed by atoms with van der Waals surface area (Å²) < 4.78 is 5.49. The van der Waals surface area contributed by atoms with Gasteiger partial charge in [0.1, 0.15) is 5.69 Å². The van der Waals surface area contributed by atoms with E-state index in [2.05, 4.69) is 20.0 Å². The van der Waals surface area contributed by atoms with Crippen molar-refractivity contribution in [3.8, 4) is 11.3 Å². The molecule has 6 heteroatoms. The van der Waals surface area contributed by atoms with Gasteiger partial charge >= 0.3 is 0 Å². The van der Waals surface area contributed by atoms with Crippen LogP contribution in [-0.2, 0) is 6.54 Å². The predicted octanol–water partition coefficient (Wildman–Crippen LogP) is 3.08. The van der Waals surface area contributed by atoms with Gasteiger partial charge < -0.3 is 9.63 Å². The molecule has 1 aliphatic heterocycles. The lowest BCUT2D eigenvalue weighted by molar-refractivity contribution is 0.0516. The van der Waals surface area contributed by atoms with Crippen LogP contribution in [0.4, 0.5) is 0 Å². The van der Waals surface area contributed by atoms with Crippen molar-refractivity contribution in [1.29, 1.82) is 0 Å². The van der Waals surface area contributed by atoms with Crippen molar-refractivity contribution in [2.24, 2.45) is 5.92 Å². The standard InChI is InChI=1S/C20H22N4O2/c25-20(18-5-1-2-9-22-18)15-6-10-24(11-7-15)14-17-12-19(23-26-17)16-4-3-8-21-13-16/h1-5,8-9,12-13,15,20,25H,6-7,10-11,14H2/t20-/m0/s1. The molecule has 134 valence electrons. The molecule has 0 unspecified atom stereocenters. The van der Waals surface area contributed by atoms with Crippen molar-refractivity contribution in [3.05, 3.63) is 66.4 Å². The highest BCUT2D eigenvalue weighted by Gasteiger charge is 2.27. The molecule has 4 rings (SSSR count). The van der Waals surface area contributed by atoms with Gasteiger partial charge in [0.2, 0.25) is 0 Å². The average molecular weight is 350 g/mol. The van der Waals surface area contributed by atoms with Gasteiger partial charge in [-0.05, 0) is 56.1 Å². The minimum Gasteiger partial charge on any atom is -0.387 e. The smallest absolute Gasteiger partial charge is 0.151 e. The van der Waals surface area contributed by atoms with Crippen LogP contribution in [0.15, 0.2) is 59.5 Å². The third kappa shape index (κ3) is 3.81. The zero-order valence-corrected chi connectivity index (χ0v) is 14.5. The summed E-state index contributed by atoms with van der Waals surface area (Å²) in [5.74, 6) is 1.11. The molecule has 1 fully saturated rings. The van der Waals surface area contributed by atoms with Gasteiger partial charge in [-0.15, -0.1) is 0 Å². The van der Waals surface area contributed by atoms with Gasteiger partial charge in [-0.2, -0.15) is 0 Å². The second-order valence-electron chi connectivity index (χ2n) is 6.73. The minimum atomic E-state index is -0.485. The molecule has 6 nitrogen and oxygen atoms in total. The number of nitrogens with zero attached hydrogens (tertiary/aromatic N) is 4. The fourth-order valence-electron chi connectivity index (χ4n) is 3.48. The first-order valence-electron chi connectivity index (χ1n) is 8.97. The molecule has 0 bridgehead atoms. The van der Waals surface area contributed by atoms with Crippen LogP contribution >= 0.6 is 0 Å². The molecular formula is C20H22N4O2. The van der Waals surface area contributed by atoms with Crippen LogP contribution in [0.2, 0.25) is 0 Å². The van der Waals surface area contributed by atoms with E-state index >= 15 is 0 Å². The van der Waals surface area contributed by atoms with E-state index in [4.69, 9.17) is 4.52 Å². The maximum Gasteiger partial charge on any atom is 0.151 e. The molecule has 1 aliphatic rings. The number of aliphatic hydroxyl groups is 1. The summed E-state index contributed by atoms with van der Waals surface area (Å²) in [5.41, 5.74) is 2.54. The number of pyridine rings is 2.